The molecule has 6 atom stereocenters. The normalized spacial score (nSPS) is 23.4. The predicted molar refractivity (Wildman–Crippen MR) is 509 cm³/mol. The highest BCUT2D eigenvalue weighted by Crippen LogP contribution is 2.46. The van der Waals surface area contributed by atoms with Crippen LogP contribution in [-0.4, -0.2) is 155 Å². The fourth-order valence-corrected chi connectivity index (χ4v) is 21.6. The van der Waals surface area contributed by atoms with Crippen LogP contribution in [0.4, 0.5) is 5.82 Å². The Balaban J connectivity index is 0.0000001000. The average molecular weight is 1720 g/mol. The number of fused-ring (bicyclic) bond motifs is 6. The summed E-state index contributed by atoms with van der Waals surface area (Å²) in [7, 11) is 1.91. The first kappa shape index (κ1) is 84.7. The van der Waals surface area contributed by atoms with Gasteiger partial charge in [0.1, 0.15) is 91.3 Å². The van der Waals surface area contributed by atoms with Crippen molar-refractivity contribution in [1.29, 1.82) is 0 Å². The van der Waals surface area contributed by atoms with Crippen LogP contribution < -0.4 is 5.32 Å². The van der Waals surface area contributed by atoms with Crippen LogP contribution in [0.15, 0.2) is 249 Å². The van der Waals surface area contributed by atoms with Gasteiger partial charge in [0.2, 0.25) is 0 Å². The molecule has 0 amide bonds. The van der Waals surface area contributed by atoms with Gasteiger partial charge in [0.05, 0.1) is 16.9 Å². The van der Waals surface area contributed by atoms with Crippen LogP contribution in [0, 0.1) is 6.92 Å². The van der Waals surface area contributed by atoms with Gasteiger partial charge in [0.15, 0.2) is 35.4 Å². The minimum absolute atomic E-state index is 0.0161. The molecule has 22 heteroatoms. The van der Waals surface area contributed by atoms with Gasteiger partial charge in [0.25, 0.3) is 0 Å². The lowest BCUT2D eigenvalue weighted by molar-refractivity contribution is 0.236. The maximum Gasteiger partial charge on any atom is 0.180 e. The van der Waals surface area contributed by atoms with Crippen LogP contribution in [0.1, 0.15) is 153 Å². The van der Waals surface area contributed by atoms with E-state index in [9.17, 15) is 0 Å². The largest absolute Gasteiger partial charge is 0.479 e. The molecule has 12 heterocycles. The number of aryl methyl sites for hydroxylation is 4. The Morgan fingerprint density at radius 2 is 0.656 bits per heavy atom. The zero-order valence-corrected chi connectivity index (χ0v) is 75.2. The molecule has 128 heavy (non-hydrogen) atoms. The lowest BCUT2D eigenvalue weighted by Gasteiger charge is -2.31. The second-order valence-electron chi connectivity index (χ2n) is 36.3. The molecule has 6 aromatic heterocycles. The van der Waals surface area contributed by atoms with Gasteiger partial charge in [-0.3, -0.25) is 9.97 Å². The molecule has 6 spiro atoms. The number of pyridine rings is 3. The molecule has 24 rings (SSSR count). The number of nitrogens with zero attached hydrogens (tertiary/aromatic N) is 14. The Kier molecular flexibility index (Phi) is 23.9. The first-order valence-corrected chi connectivity index (χ1v) is 46.0. The van der Waals surface area contributed by atoms with E-state index in [1.165, 1.54) is 106 Å². The molecule has 12 aromatic rings. The van der Waals surface area contributed by atoms with Crippen molar-refractivity contribution in [3.05, 3.63) is 291 Å². The summed E-state index contributed by atoms with van der Waals surface area (Å²) in [6, 6.07) is 54.1. The fraction of sp³-hybridized carbons (Fsp3) is 0.358. The summed E-state index contributed by atoms with van der Waals surface area (Å²) in [5.41, 5.74) is 33.9. The van der Waals surface area contributed by atoms with Crippen molar-refractivity contribution in [2.24, 2.45) is 30.0 Å². The number of aromatic nitrogens is 8. The van der Waals surface area contributed by atoms with Gasteiger partial charge in [-0.15, -0.1) is 11.3 Å². The molecule has 12 aliphatic rings. The Morgan fingerprint density at radius 1 is 0.297 bits per heavy atom. The topological polar surface area (TPSA) is 245 Å². The van der Waals surface area contributed by atoms with E-state index in [0.29, 0.717) is 0 Å². The molecular formula is C106H109N15O6S. The van der Waals surface area contributed by atoms with E-state index in [-0.39, 0.29) is 33.2 Å². The van der Waals surface area contributed by atoms with Crippen molar-refractivity contribution in [2.45, 2.75) is 197 Å². The molecule has 0 saturated heterocycles. The summed E-state index contributed by atoms with van der Waals surface area (Å²) in [4.78, 5) is 62.9. The summed E-state index contributed by atoms with van der Waals surface area (Å²) in [5.74, 6) is 5.90. The van der Waals surface area contributed by atoms with Crippen molar-refractivity contribution >= 4 is 52.5 Å². The van der Waals surface area contributed by atoms with E-state index in [1.807, 2.05) is 122 Å². The minimum Gasteiger partial charge on any atom is -0.479 e. The van der Waals surface area contributed by atoms with Crippen molar-refractivity contribution in [1.82, 2.24) is 39.9 Å². The number of hydrogen-bond donors (Lipinski definition) is 1. The number of aliphatic imine (C=N–C) groups is 6. The molecule has 2 unspecified atom stereocenters. The maximum absolute atomic E-state index is 5.64. The number of hydrogen-bond acceptors (Lipinski definition) is 22. The summed E-state index contributed by atoms with van der Waals surface area (Å²) in [6.07, 6.45) is 34.7. The Hall–Kier alpha value is -12.8. The molecule has 21 nitrogen and oxygen atoms in total. The molecule has 6 aliphatic carbocycles. The van der Waals surface area contributed by atoms with E-state index >= 15 is 0 Å². The van der Waals surface area contributed by atoms with Crippen LogP contribution in [-0.2, 0) is 105 Å². The molecule has 0 bridgehead atoms. The summed E-state index contributed by atoms with van der Waals surface area (Å²) < 4.78 is 33.7. The predicted octanol–water partition coefficient (Wildman–Crippen LogP) is 19.7. The van der Waals surface area contributed by atoms with E-state index in [1.54, 1.807) is 24.0 Å². The number of anilines is 1. The van der Waals surface area contributed by atoms with Crippen LogP contribution >= 0.6 is 11.3 Å². The lowest BCUT2D eigenvalue weighted by atomic mass is 9.77. The minimum atomic E-state index is -0.0452. The van der Waals surface area contributed by atoms with Gasteiger partial charge in [-0.2, -0.15) is 0 Å². The summed E-state index contributed by atoms with van der Waals surface area (Å²) >= 11 is 1.65. The van der Waals surface area contributed by atoms with Crippen LogP contribution in [0.25, 0.3) is 67.0 Å². The maximum atomic E-state index is 5.64. The van der Waals surface area contributed by atoms with Crippen molar-refractivity contribution in [2.75, 3.05) is 52.0 Å². The summed E-state index contributed by atoms with van der Waals surface area (Å²) in [6.45, 7) is 18.1. The third-order valence-electron chi connectivity index (χ3n) is 27.4. The van der Waals surface area contributed by atoms with E-state index in [0.717, 1.165) is 230 Å². The highest BCUT2D eigenvalue weighted by molar-refractivity contribution is 7.07. The fourth-order valence-electron chi connectivity index (χ4n) is 21.0. The smallest absolute Gasteiger partial charge is 0.180 e. The van der Waals surface area contributed by atoms with E-state index in [2.05, 4.69) is 185 Å². The molecule has 0 radical (unpaired) electrons. The first-order chi connectivity index (χ1) is 62.4. The Labute approximate surface area is 753 Å². The number of ether oxygens (including phenoxy) is 6. The van der Waals surface area contributed by atoms with Crippen molar-refractivity contribution in [3.8, 4) is 67.0 Å². The zero-order valence-electron chi connectivity index (χ0n) is 74.4. The Morgan fingerprint density at radius 3 is 1.04 bits per heavy atom. The first-order valence-electron chi connectivity index (χ1n) is 45.0. The van der Waals surface area contributed by atoms with Gasteiger partial charge >= 0.3 is 0 Å². The van der Waals surface area contributed by atoms with Crippen LogP contribution in [0.2, 0.25) is 0 Å². The van der Waals surface area contributed by atoms with Gasteiger partial charge in [0, 0.05) is 175 Å². The second-order valence-corrected chi connectivity index (χ2v) is 37.1. The van der Waals surface area contributed by atoms with Crippen molar-refractivity contribution in [3.63, 3.8) is 0 Å². The molecule has 0 fully saturated rings. The molecular weight excluding hydrogens is 1610 g/mol. The van der Waals surface area contributed by atoms with E-state index in [4.69, 9.17) is 58.4 Å². The number of benzene rings is 6. The molecule has 0 saturated carbocycles. The third-order valence-corrected chi connectivity index (χ3v) is 28.0. The van der Waals surface area contributed by atoms with Crippen molar-refractivity contribution < 1.29 is 28.4 Å². The lowest BCUT2D eigenvalue weighted by Crippen LogP contribution is -2.35. The zero-order chi connectivity index (χ0) is 87.5. The Bertz CT molecular complexity index is 6160. The van der Waals surface area contributed by atoms with Gasteiger partial charge in [-0.05, 0) is 209 Å². The highest BCUT2D eigenvalue weighted by atomic mass is 32.1. The average Bonchev–Trinajstić information content (AvgIpc) is 1.49. The summed E-state index contributed by atoms with van der Waals surface area (Å²) in [5, 5.41) is 5.30. The van der Waals surface area contributed by atoms with Gasteiger partial charge in [-0.25, -0.2) is 59.9 Å². The second kappa shape index (κ2) is 36.1. The van der Waals surface area contributed by atoms with Crippen LogP contribution in [0.3, 0.4) is 0 Å². The SMILES string of the molecule is CC1=NC2(CCc3ccc(-c4ccccn4)cc3C2)CO1.CC1=NC2(CCc3ccc(-c4cccnc4C)cc3C2)CO1.CC1=N[C@@]2(CCc3c(cccc3-c3cncnc3)C2)CO1.CC1=N[C@]2(CCc3c(cccc3-c3cncnc3)C2)CO1.CC1=N[C@]2(CCc3c(cccc3-c3cscn3)C2)CO1.CNc1ncccc1-c1ccc2c(c1)C[C@]1(CC2)COC(C)=N1. The van der Waals surface area contributed by atoms with Gasteiger partial charge < -0.3 is 33.7 Å². The third kappa shape index (κ3) is 18.3. The van der Waals surface area contributed by atoms with E-state index < -0.39 is 0 Å². The molecule has 650 valence electrons. The molecule has 1 N–H and O–H groups in total. The number of nitrogens with one attached hydrogen (secondary N) is 1. The standard InChI is InChI=1S/C19H21N3O.C19H20N2O.C18H18N2O.2C17H17N3O.C16H16N2OS/c1-13-22-19(12-23-13)8-7-14-5-6-15(10-16(14)11-19)17-4-3-9-21-18(17)20-2;1-13-18(4-3-9-20-13)16-6-5-15-7-8-19(11-17(15)10-16)12-22-14(2)21-19;1-13-20-18(12-21-13)8-7-14-5-6-15(10-16(14)11-18)17-4-2-3-9-19-17;2*1-12-20-17(10-21-12)6-5-16-13(7-17)3-2-4-15(16)14-8-18-11-19-9-14;1-11-18-16(9-19-11)6-5-13-12(7-16)3-2-4-14(13)15-8-20-10-17-15/h3-6,9-10H,7-8,11-12H2,1-2H3,(H,20,21);3-6,9-10H,7-8,11-12H2,1-2H3;2-6,9-10H,7-8,11-12H2,1H3;2*2-4,8-9,11H,5-7,10H2,1H3;2-4,8,10H,5-7,9H2,1H3/t19-;;;2*17-;16-/m1..100/s1. The number of rotatable bonds is 7. The van der Waals surface area contributed by atoms with Gasteiger partial charge in [-0.1, -0.05) is 115 Å². The quantitative estimate of drug-likeness (QED) is 0.156. The molecule has 6 aromatic carbocycles. The number of thiazole rings is 1. The molecule has 6 aliphatic heterocycles. The van der Waals surface area contributed by atoms with Crippen LogP contribution in [0.5, 0.6) is 0 Å². The highest BCUT2D eigenvalue weighted by Gasteiger charge is 2.45. The monoisotopic (exact) mass is 1720 g/mol.